The third-order valence-electron chi connectivity index (χ3n) is 2.43. The molecule has 4 nitrogen and oxygen atoms in total. The second kappa shape index (κ2) is 4.70. The fourth-order valence-electron chi connectivity index (χ4n) is 1.39. The molecule has 0 fully saturated rings. The second-order valence-corrected chi connectivity index (χ2v) is 6.33. The Kier molecular flexibility index (Phi) is 3.44. The Morgan fingerprint density at radius 3 is 2.65 bits per heavy atom. The van der Waals surface area contributed by atoms with Gasteiger partial charge in [-0.05, 0) is 0 Å². The molecule has 2 aromatic heterocycles. The average Bonchev–Trinajstić information content (AvgIpc) is 2.86. The van der Waals surface area contributed by atoms with Gasteiger partial charge in [0.25, 0.3) is 0 Å². The Bertz CT molecular complexity index is 496. The first-order chi connectivity index (χ1) is 8.00. The number of aromatic nitrogens is 3. The second-order valence-electron chi connectivity index (χ2n) is 4.86. The van der Waals surface area contributed by atoms with E-state index in [-0.39, 0.29) is 5.41 Å². The van der Waals surface area contributed by atoms with Crippen LogP contribution < -0.4 is 5.32 Å². The summed E-state index contributed by atoms with van der Waals surface area (Å²) in [6, 6.07) is 0. The molecule has 0 aliphatic heterocycles. The zero-order valence-corrected chi connectivity index (χ0v) is 12.1. The van der Waals surface area contributed by atoms with E-state index in [0.29, 0.717) is 0 Å². The van der Waals surface area contributed by atoms with E-state index in [2.05, 4.69) is 45.2 Å². The molecule has 0 radical (unpaired) electrons. The first-order valence-electron chi connectivity index (χ1n) is 5.45. The van der Waals surface area contributed by atoms with E-state index in [1.165, 1.54) is 11.7 Å². The molecule has 0 spiro atoms. The highest BCUT2D eigenvalue weighted by Gasteiger charge is 2.18. The van der Waals surface area contributed by atoms with Gasteiger partial charge in [-0.25, -0.2) is 4.98 Å². The summed E-state index contributed by atoms with van der Waals surface area (Å²) in [4.78, 5) is 4.66. The fraction of sp³-hybridized carbons (Fsp3) is 0.545. The number of hydrogen-bond donors (Lipinski definition) is 1. The predicted molar refractivity (Wildman–Crippen MR) is 73.1 cm³/mol. The van der Waals surface area contributed by atoms with Crippen LogP contribution >= 0.6 is 23.1 Å². The molecule has 0 bridgehead atoms. The van der Waals surface area contributed by atoms with Crippen molar-refractivity contribution in [2.45, 2.75) is 32.6 Å². The van der Waals surface area contributed by atoms with Crippen LogP contribution in [-0.2, 0) is 11.8 Å². The van der Waals surface area contributed by atoms with Gasteiger partial charge in [0, 0.05) is 24.3 Å². The zero-order valence-electron chi connectivity index (χ0n) is 10.4. The summed E-state index contributed by atoms with van der Waals surface area (Å²) in [7, 11) is 1.86. The van der Waals surface area contributed by atoms with E-state index in [9.17, 15) is 0 Å². The van der Waals surface area contributed by atoms with Crippen LogP contribution in [0, 0.1) is 0 Å². The minimum atomic E-state index is 0.112. The molecule has 2 heterocycles. The third-order valence-corrected chi connectivity index (χ3v) is 3.85. The van der Waals surface area contributed by atoms with E-state index in [1.54, 1.807) is 11.3 Å². The highest BCUT2D eigenvalue weighted by atomic mass is 32.1. The monoisotopic (exact) mass is 268 g/mol. The van der Waals surface area contributed by atoms with Crippen LogP contribution in [0.25, 0.3) is 0 Å². The first-order valence-corrected chi connectivity index (χ1v) is 7.06. The van der Waals surface area contributed by atoms with Crippen LogP contribution in [-0.4, -0.2) is 20.8 Å². The van der Waals surface area contributed by atoms with Crippen molar-refractivity contribution in [3.05, 3.63) is 21.8 Å². The van der Waals surface area contributed by atoms with Crippen molar-refractivity contribution in [2.24, 2.45) is 0 Å². The van der Waals surface area contributed by atoms with Crippen molar-refractivity contribution < 1.29 is 0 Å². The number of hydrogen-bond acceptors (Lipinski definition) is 6. The van der Waals surface area contributed by atoms with Crippen molar-refractivity contribution in [2.75, 3.05) is 12.4 Å². The Morgan fingerprint density at radius 1 is 1.29 bits per heavy atom. The van der Waals surface area contributed by atoms with Gasteiger partial charge in [-0.1, -0.05) is 20.8 Å². The Morgan fingerprint density at radius 2 is 2.06 bits per heavy atom. The highest BCUT2D eigenvalue weighted by molar-refractivity contribution is 7.09. The molecule has 6 heteroatoms. The van der Waals surface area contributed by atoms with Gasteiger partial charge in [0.1, 0.15) is 5.69 Å². The summed E-state index contributed by atoms with van der Waals surface area (Å²) in [5.74, 6) is 0.863. The molecule has 0 saturated heterocycles. The van der Waals surface area contributed by atoms with Crippen molar-refractivity contribution in [3.8, 4) is 0 Å². The maximum atomic E-state index is 4.66. The topological polar surface area (TPSA) is 50.7 Å². The summed E-state index contributed by atoms with van der Waals surface area (Å²) >= 11 is 2.93. The summed E-state index contributed by atoms with van der Waals surface area (Å²) in [5.41, 5.74) is 2.24. The molecular formula is C11H16N4S2. The summed E-state index contributed by atoms with van der Waals surface area (Å²) < 4.78 is 8.47. The number of thiazole rings is 1. The SMILES string of the molecule is CNc1nsnc1Cc1nc(C(C)(C)C)cs1. The van der Waals surface area contributed by atoms with E-state index in [4.69, 9.17) is 0 Å². The van der Waals surface area contributed by atoms with E-state index in [0.717, 1.165) is 28.6 Å². The molecule has 0 aliphatic rings. The maximum absolute atomic E-state index is 4.66. The molecule has 92 valence electrons. The van der Waals surface area contributed by atoms with Crippen LogP contribution in [0.2, 0.25) is 0 Å². The van der Waals surface area contributed by atoms with Gasteiger partial charge in [-0.3, -0.25) is 0 Å². The molecule has 0 atom stereocenters. The summed E-state index contributed by atoms with van der Waals surface area (Å²) in [5, 5.41) is 6.28. The normalized spacial score (nSPS) is 11.8. The van der Waals surface area contributed by atoms with Gasteiger partial charge in [-0.15, -0.1) is 11.3 Å². The Balaban J connectivity index is 2.17. The average molecular weight is 268 g/mol. The lowest BCUT2D eigenvalue weighted by Gasteiger charge is -2.14. The van der Waals surface area contributed by atoms with Crippen LogP contribution in [0.15, 0.2) is 5.38 Å². The molecule has 2 aromatic rings. The molecule has 1 N–H and O–H groups in total. The minimum absolute atomic E-state index is 0.112. The van der Waals surface area contributed by atoms with E-state index in [1.807, 2.05) is 7.05 Å². The van der Waals surface area contributed by atoms with Crippen molar-refractivity contribution in [3.63, 3.8) is 0 Å². The number of nitrogens with zero attached hydrogens (tertiary/aromatic N) is 3. The molecule has 17 heavy (non-hydrogen) atoms. The molecule has 0 saturated carbocycles. The number of nitrogens with one attached hydrogen (secondary N) is 1. The lowest BCUT2D eigenvalue weighted by Crippen LogP contribution is -2.11. The number of anilines is 1. The minimum Gasteiger partial charge on any atom is -0.371 e. The van der Waals surface area contributed by atoms with Gasteiger partial charge in [0.05, 0.1) is 22.4 Å². The van der Waals surface area contributed by atoms with Gasteiger partial charge in [0.2, 0.25) is 0 Å². The van der Waals surface area contributed by atoms with E-state index < -0.39 is 0 Å². The third kappa shape index (κ3) is 2.81. The molecule has 2 rings (SSSR count). The smallest absolute Gasteiger partial charge is 0.163 e. The quantitative estimate of drug-likeness (QED) is 0.930. The predicted octanol–water partition coefficient (Wildman–Crippen LogP) is 2.92. The van der Waals surface area contributed by atoms with Gasteiger partial charge >= 0.3 is 0 Å². The summed E-state index contributed by atoms with van der Waals surface area (Å²) in [6.45, 7) is 6.53. The zero-order chi connectivity index (χ0) is 12.5. The van der Waals surface area contributed by atoms with Crippen molar-refractivity contribution in [1.29, 1.82) is 0 Å². The van der Waals surface area contributed by atoms with Crippen LogP contribution in [0.3, 0.4) is 0 Å². The number of rotatable bonds is 3. The van der Waals surface area contributed by atoms with Gasteiger partial charge < -0.3 is 5.32 Å². The molecule has 0 aliphatic carbocycles. The van der Waals surface area contributed by atoms with Gasteiger partial charge in [0.15, 0.2) is 5.82 Å². The van der Waals surface area contributed by atoms with Crippen LogP contribution in [0.5, 0.6) is 0 Å². The fourth-order valence-corrected chi connectivity index (χ4v) is 2.99. The lowest BCUT2D eigenvalue weighted by molar-refractivity contribution is 0.571. The molecular weight excluding hydrogens is 252 g/mol. The van der Waals surface area contributed by atoms with E-state index >= 15 is 0 Å². The van der Waals surface area contributed by atoms with Gasteiger partial charge in [-0.2, -0.15) is 8.75 Å². The highest BCUT2D eigenvalue weighted by Crippen LogP contribution is 2.26. The van der Waals surface area contributed by atoms with Crippen LogP contribution in [0.4, 0.5) is 5.82 Å². The van der Waals surface area contributed by atoms with Crippen molar-refractivity contribution >= 4 is 28.9 Å². The van der Waals surface area contributed by atoms with Crippen LogP contribution in [0.1, 0.15) is 37.2 Å². The molecule has 0 amide bonds. The molecule has 0 aromatic carbocycles. The van der Waals surface area contributed by atoms with Crippen molar-refractivity contribution in [1.82, 2.24) is 13.7 Å². The lowest BCUT2D eigenvalue weighted by atomic mass is 9.93. The first kappa shape index (κ1) is 12.4. The standard InChI is InChI=1S/C11H16N4S2/c1-11(2,3)8-6-16-9(13-8)5-7-10(12-4)15-17-14-7/h6H,5H2,1-4H3,(H,12,15). The molecule has 0 unspecified atom stereocenters. The largest absolute Gasteiger partial charge is 0.371 e. The maximum Gasteiger partial charge on any atom is 0.163 e. The summed E-state index contributed by atoms with van der Waals surface area (Å²) in [6.07, 6.45) is 0.757. The Labute approximate surface area is 109 Å². The Hall–Kier alpha value is -1.01.